The zero-order valence-corrected chi connectivity index (χ0v) is 51.8. The van der Waals surface area contributed by atoms with Gasteiger partial charge in [0.25, 0.3) is 0 Å². The lowest BCUT2D eigenvalue weighted by molar-refractivity contribution is -0.380. The van der Waals surface area contributed by atoms with Gasteiger partial charge in [-0.05, 0) is 99.7 Å². The highest BCUT2D eigenvalue weighted by Gasteiger charge is 2.70. The lowest BCUT2D eigenvalue weighted by Gasteiger charge is -2.67. The molecule has 35 atom stereocenters. The maximum atomic E-state index is 12.8. The largest absolute Gasteiger partial charge is 0.394 e. The summed E-state index contributed by atoms with van der Waals surface area (Å²) in [5.41, 5.74) is -2.49. The number of ether oxygens (including phenoxy) is 10. The maximum Gasteiger partial charge on any atom is 0.187 e. The first-order valence-corrected chi connectivity index (χ1v) is 31.6. The van der Waals surface area contributed by atoms with Crippen molar-refractivity contribution in [2.45, 2.75) is 284 Å². The molecule has 19 N–H and O–H groups in total. The van der Waals surface area contributed by atoms with Crippen molar-refractivity contribution in [1.29, 1.82) is 0 Å². The zero-order valence-electron chi connectivity index (χ0n) is 51.8. The molecule has 5 heterocycles. The van der Waals surface area contributed by atoms with Crippen LogP contribution in [0.4, 0.5) is 0 Å². The first-order valence-electron chi connectivity index (χ1n) is 31.6. The predicted molar refractivity (Wildman–Crippen MR) is 300 cm³/mol. The van der Waals surface area contributed by atoms with Crippen LogP contribution < -0.4 is 0 Å². The molecular formula is C60H102O29. The van der Waals surface area contributed by atoms with Crippen LogP contribution in [0.1, 0.15) is 107 Å². The zero-order chi connectivity index (χ0) is 65.5. The lowest BCUT2D eigenvalue weighted by Crippen LogP contribution is -2.65. The molecule has 9 aliphatic rings. The van der Waals surface area contributed by atoms with Crippen LogP contribution in [0.25, 0.3) is 0 Å². The van der Waals surface area contributed by atoms with Gasteiger partial charge in [-0.1, -0.05) is 53.2 Å². The van der Waals surface area contributed by atoms with Crippen LogP contribution in [0.2, 0.25) is 0 Å². The standard InChI is InChI=1S/C60H102O29/c1-23(9-13-35(57(4,5)79)88-55-50(89-54-49(78)43(72)38(67)29(20-63)84-54)45(74)40(69)31(86-55)22-81-52-47(76)42(71)37(66)28(19-62)83-52)24-15-16-58(6)32-12-10-25-26(60(32,8)33(64)17-59(24,58)7)11-14-34(56(25,2)3)87-53-48(77)44(73)39(68)30(85-53)21-80-51-46(75)41(70)36(65)27(18-61)82-51/h10,23-24,26-55,61-79H,9,11-22H2,1-8H3/t23-,24-,26-,27?,28?,29?,30?,31?,32+,33-,34+,35-,36-,37-,38-,39-,40-,41?,42?,43?,44?,45?,46+,47+,48+,49+,50+,51-,52-,53+,54+,55+,58+,59-,60+/m1/s1. The molecule has 0 amide bonds. The van der Waals surface area contributed by atoms with E-state index in [2.05, 4.69) is 33.8 Å². The monoisotopic (exact) mass is 1290 g/mol. The Balaban J connectivity index is 0.883. The molecule has 0 aromatic heterocycles. The molecule has 29 heteroatoms. The molecule has 4 aliphatic carbocycles. The van der Waals surface area contributed by atoms with Crippen molar-refractivity contribution >= 4 is 0 Å². The third-order valence-electron chi connectivity index (χ3n) is 22.9. The van der Waals surface area contributed by atoms with Gasteiger partial charge in [0.15, 0.2) is 31.5 Å². The van der Waals surface area contributed by atoms with E-state index in [1.165, 1.54) is 13.8 Å². The van der Waals surface area contributed by atoms with Crippen molar-refractivity contribution < 1.29 is 144 Å². The van der Waals surface area contributed by atoms with E-state index < -0.39 is 227 Å². The van der Waals surface area contributed by atoms with Gasteiger partial charge in [-0.2, -0.15) is 0 Å². The van der Waals surface area contributed by atoms with E-state index in [0.29, 0.717) is 32.1 Å². The van der Waals surface area contributed by atoms with Crippen molar-refractivity contribution in [3.8, 4) is 0 Å². The summed E-state index contributed by atoms with van der Waals surface area (Å²) in [6, 6.07) is 0. The Kier molecular flexibility index (Phi) is 22.3. The van der Waals surface area contributed by atoms with Crippen molar-refractivity contribution in [2.75, 3.05) is 33.0 Å². The van der Waals surface area contributed by atoms with Crippen molar-refractivity contribution in [2.24, 2.45) is 45.3 Å². The van der Waals surface area contributed by atoms with Crippen molar-refractivity contribution in [1.82, 2.24) is 0 Å². The molecule has 516 valence electrons. The number of hydrogen-bond acceptors (Lipinski definition) is 29. The molecule has 5 saturated heterocycles. The molecule has 10 unspecified atom stereocenters. The normalized spacial score (nSPS) is 51.8. The summed E-state index contributed by atoms with van der Waals surface area (Å²) in [6.07, 6.45) is -37.4. The van der Waals surface area contributed by atoms with Gasteiger partial charge < -0.3 is 144 Å². The Labute approximate surface area is 517 Å². The number of hydrogen-bond donors (Lipinski definition) is 19. The summed E-state index contributed by atoms with van der Waals surface area (Å²) >= 11 is 0. The average molecular weight is 1290 g/mol. The highest BCUT2D eigenvalue weighted by molar-refractivity contribution is 5.32. The van der Waals surface area contributed by atoms with Gasteiger partial charge in [0.1, 0.15) is 122 Å². The summed E-state index contributed by atoms with van der Waals surface area (Å²) in [7, 11) is 0. The van der Waals surface area contributed by atoms with Gasteiger partial charge in [0.05, 0.1) is 56.9 Å². The van der Waals surface area contributed by atoms with Crippen LogP contribution in [0.3, 0.4) is 0 Å². The van der Waals surface area contributed by atoms with E-state index in [1.807, 2.05) is 13.8 Å². The Morgan fingerprint density at radius 1 is 0.517 bits per heavy atom. The molecule has 29 nitrogen and oxygen atoms in total. The highest BCUT2D eigenvalue weighted by Crippen LogP contribution is 2.75. The minimum atomic E-state index is -1.96. The van der Waals surface area contributed by atoms with Gasteiger partial charge in [-0.15, -0.1) is 0 Å². The molecule has 0 bridgehead atoms. The molecule has 0 radical (unpaired) electrons. The SMILES string of the molecule is C[C@H](CC[C@@H](O[C@@H]1OC(CO[C@@H]2OC(CO)[C@@H](O)C(O)[C@@H]2O)[C@@H](O)C(O)[C@@H]1O[C@@H]1OC(CO)[C@@H](O)C(O)[C@@H]1O)C(C)(C)O)[C@H]1CC[C@@]2(C)[C@@H]3CC=C4[C@@H](CC[C@H](O[C@@H]5OC(CO[C@@H]6OC(CO)[C@@H](O)C(O)[C@@H]6O)[C@@H](O)C(O)[C@@H]5O)C4(C)C)[C@]3(C)[C@H](O)C[C@]12C. The van der Waals surface area contributed by atoms with Crippen molar-refractivity contribution in [3.05, 3.63) is 11.6 Å². The molecule has 5 aliphatic heterocycles. The smallest absolute Gasteiger partial charge is 0.187 e. The number of allylic oxidation sites excluding steroid dienone is 1. The minimum absolute atomic E-state index is 0.0310. The third kappa shape index (κ3) is 13.1. The molecule has 0 spiro atoms. The summed E-state index contributed by atoms with van der Waals surface area (Å²) in [4.78, 5) is 0. The van der Waals surface area contributed by atoms with Crippen LogP contribution in [-0.4, -0.2) is 308 Å². The van der Waals surface area contributed by atoms with Crippen LogP contribution in [0, 0.1) is 45.3 Å². The third-order valence-corrected chi connectivity index (χ3v) is 22.9. The van der Waals surface area contributed by atoms with Crippen LogP contribution >= 0.6 is 0 Å². The first kappa shape index (κ1) is 71.9. The Morgan fingerprint density at radius 3 is 1.45 bits per heavy atom. The topological polar surface area (TPSA) is 477 Å². The number of aliphatic hydroxyl groups excluding tert-OH is 18. The van der Waals surface area contributed by atoms with Gasteiger partial charge in [0.2, 0.25) is 0 Å². The second-order valence-electron chi connectivity index (χ2n) is 28.7. The maximum absolute atomic E-state index is 12.8. The van der Waals surface area contributed by atoms with Crippen LogP contribution in [0.15, 0.2) is 11.6 Å². The minimum Gasteiger partial charge on any atom is -0.394 e. The van der Waals surface area contributed by atoms with Gasteiger partial charge in [-0.3, -0.25) is 0 Å². The van der Waals surface area contributed by atoms with E-state index in [1.54, 1.807) is 0 Å². The Bertz CT molecular complexity index is 2340. The van der Waals surface area contributed by atoms with Gasteiger partial charge >= 0.3 is 0 Å². The van der Waals surface area contributed by atoms with E-state index in [0.717, 1.165) is 18.4 Å². The first-order chi connectivity index (χ1) is 41.6. The van der Waals surface area contributed by atoms with Crippen molar-refractivity contribution in [3.63, 3.8) is 0 Å². The molecule has 0 aromatic rings. The summed E-state index contributed by atoms with van der Waals surface area (Å²) in [5.74, 6) is -0.0172. The number of fused-ring (bicyclic) bond motifs is 5. The molecule has 3 saturated carbocycles. The van der Waals surface area contributed by atoms with E-state index in [4.69, 9.17) is 47.4 Å². The van der Waals surface area contributed by atoms with E-state index in [-0.39, 0.29) is 35.5 Å². The Morgan fingerprint density at radius 2 is 0.955 bits per heavy atom. The lowest BCUT2D eigenvalue weighted by atomic mass is 9.38. The van der Waals surface area contributed by atoms with Crippen LogP contribution in [0.5, 0.6) is 0 Å². The summed E-state index contributed by atoms with van der Waals surface area (Å²) in [5, 5.41) is 205. The quantitative estimate of drug-likeness (QED) is 0.0506. The van der Waals surface area contributed by atoms with Crippen LogP contribution in [-0.2, 0) is 47.4 Å². The summed E-state index contributed by atoms with van der Waals surface area (Å²) in [6.45, 7) is 12.6. The molecule has 89 heavy (non-hydrogen) atoms. The fourth-order valence-electron chi connectivity index (χ4n) is 17.0. The fourth-order valence-corrected chi connectivity index (χ4v) is 17.0. The number of rotatable bonds is 20. The Hall–Kier alpha value is -1.42. The van der Waals surface area contributed by atoms with Gasteiger partial charge in [-0.25, -0.2) is 0 Å². The van der Waals surface area contributed by atoms with Gasteiger partial charge in [0, 0.05) is 10.8 Å². The molecule has 0 aromatic carbocycles. The number of aliphatic hydroxyl groups is 19. The second kappa shape index (κ2) is 27.6. The second-order valence-corrected chi connectivity index (χ2v) is 28.7. The predicted octanol–water partition coefficient (Wildman–Crippen LogP) is -5.41. The molecular weight excluding hydrogens is 1180 g/mol. The van der Waals surface area contributed by atoms with E-state index in [9.17, 15) is 97.0 Å². The molecule has 9 rings (SSSR count). The molecule has 8 fully saturated rings. The average Bonchev–Trinajstić information content (AvgIpc) is 1.66. The van der Waals surface area contributed by atoms with E-state index >= 15 is 0 Å². The fraction of sp³-hybridized carbons (Fsp3) is 0.967. The highest BCUT2D eigenvalue weighted by atomic mass is 16.8. The summed E-state index contributed by atoms with van der Waals surface area (Å²) < 4.78 is 59.3.